The van der Waals surface area contributed by atoms with Gasteiger partial charge in [0.05, 0.1) is 21.4 Å². The number of allylic oxidation sites excluding steroid dienone is 4. The second kappa shape index (κ2) is 12.3. The molecule has 9 rings (SSSR count). The molecule has 0 amide bonds. The van der Waals surface area contributed by atoms with Gasteiger partial charge in [0.15, 0.2) is 11.6 Å². The number of thioether (sulfide) groups is 2. The zero-order chi connectivity index (χ0) is 35.0. The van der Waals surface area contributed by atoms with Crippen LogP contribution in [0.25, 0.3) is 33.0 Å². The topological polar surface area (TPSA) is 103 Å². The first-order valence-corrected chi connectivity index (χ1v) is 19.1. The quantitative estimate of drug-likeness (QED) is 0.163. The number of para-hydroxylation sites is 2. The molecule has 0 radical (unpaired) electrons. The molecule has 5 aromatic rings. The Kier molecular flexibility index (Phi) is 7.67. The van der Waals surface area contributed by atoms with E-state index in [0.29, 0.717) is 11.1 Å². The second-order valence-corrected chi connectivity index (χ2v) is 15.3. The van der Waals surface area contributed by atoms with Gasteiger partial charge in [-0.05, 0) is 72.5 Å². The molecule has 2 aliphatic heterocycles. The van der Waals surface area contributed by atoms with E-state index in [0.717, 1.165) is 91.8 Å². The molecular formula is C42H33N3O4S2-2. The van der Waals surface area contributed by atoms with Crippen LogP contribution in [0.15, 0.2) is 127 Å². The summed E-state index contributed by atoms with van der Waals surface area (Å²) in [5.41, 5.74) is 5.76. The van der Waals surface area contributed by atoms with Crippen LogP contribution in [0.4, 0.5) is 11.4 Å². The molecule has 51 heavy (non-hydrogen) atoms. The maximum absolute atomic E-state index is 13.8. The third-order valence-electron chi connectivity index (χ3n) is 10.1. The highest BCUT2D eigenvalue weighted by atomic mass is 32.2. The maximum Gasteiger partial charge on any atom is 0.195 e. The second-order valence-electron chi connectivity index (χ2n) is 13.2. The molecule has 2 aliphatic carbocycles. The van der Waals surface area contributed by atoms with Crippen LogP contribution < -0.4 is 20.0 Å². The number of benzene rings is 4. The predicted octanol–water partition coefficient (Wildman–Crippen LogP) is 7.88. The van der Waals surface area contributed by atoms with Crippen LogP contribution in [-0.2, 0) is 9.59 Å². The Morgan fingerprint density at radius 3 is 1.43 bits per heavy atom. The predicted molar refractivity (Wildman–Crippen MR) is 203 cm³/mol. The molecule has 4 aromatic carbocycles. The van der Waals surface area contributed by atoms with Gasteiger partial charge in [-0.25, -0.2) is 0 Å². The lowest BCUT2D eigenvalue weighted by Crippen LogP contribution is -2.33. The van der Waals surface area contributed by atoms with Crippen molar-refractivity contribution in [2.45, 2.75) is 49.3 Å². The summed E-state index contributed by atoms with van der Waals surface area (Å²) in [7, 11) is 0. The molecule has 0 fully saturated rings. The number of hydrogen-bond acceptors (Lipinski definition) is 8. The lowest BCUT2D eigenvalue weighted by atomic mass is 9.82. The number of Topliss-reactive ketones (excluding diaryl/α,β-unsaturated/α-hetero) is 2. The van der Waals surface area contributed by atoms with Crippen molar-refractivity contribution in [1.29, 1.82) is 0 Å². The molecule has 4 aliphatic rings. The third kappa shape index (κ3) is 4.82. The largest absolute Gasteiger partial charge is 0.871 e. The van der Waals surface area contributed by atoms with Crippen molar-refractivity contribution >= 4 is 79.4 Å². The van der Waals surface area contributed by atoms with Crippen LogP contribution in [0.3, 0.4) is 0 Å². The molecule has 0 unspecified atom stereocenters. The van der Waals surface area contributed by atoms with Crippen molar-refractivity contribution in [1.82, 2.24) is 4.98 Å². The standard InChI is InChI=1S/C42H35N3O4S2/c1-3-5-19-44-29-11-7-9-13-31(29)50-41(44)35-37(46)33(38(35)47)23-15-17-27-25(21-23)26-22-24(16-18-28(26)43-27)34-39(48)36(40(34)49)42-45(20-6-4-2)30-12-8-10-14-32(30)51-42/h7-18,21-22,43,46,48H,3-6,19-20H2,1-2H3/p-2. The highest BCUT2D eigenvalue weighted by molar-refractivity contribution is 8.04. The van der Waals surface area contributed by atoms with Crippen molar-refractivity contribution in [3.05, 3.63) is 129 Å². The van der Waals surface area contributed by atoms with E-state index in [4.69, 9.17) is 0 Å². The first kappa shape index (κ1) is 31.8. The Balaban J connectivity index is 1.08. The van der Waals surface area contributed by atoms with E-state index in [2.05, 4.69) is 28.6 Å². The number of carbonyl (C=O) groups excluding carboxylic acids is 2. The summed E-state index contributed by atoms with van der Waals surface area (Å²) in [6.07, 6.45) is 3.90. The van der Waals surface area contributed by atoms with Crippen molar-refractivity contribution in [3.8, 4) is 0 Å². The summed E-state index contributed by atoms with van der Waals surface area (Å²) in [6.45, 7) is 5.74. The van der Waals surface area contributed by atoms with E-state index in [1.165, 1.54) is 23.5 Å². The van der Waals surface area contributed by atoms with E-state index in [1.54, 1.807) is 0 Å². The monoisotopic (exact) mass is 707 g/mol. The number of carbonyl (C=O) groups is 2. The Labute approximate surface area is 304 Å². The van der Waals surface area contributed by atoms with E-state index in [1.807, 2.05) is 84.9 Å². The van der Waals surface area contributed by atoms with Crippen LogP contribution in [0.5, 0.6) is 0 Å². The van der Waals surface area contributed by atoms with E-state index >= 15 is 0 Å². The number of nitrogens with zero attached hydrogens (tertiary/aromatic N) is 2. The smallest absolute Gasteiger partial charge is 0.195 e. The summed E-state index contributed by atoms with van der Waals surface area (Å²) in [6, 6.07) is 27.2. The average Bonchev–Trinajstić information content (AvgIpc) is 3.80. The minimum Gasteiger partial charge on any atom is -0.871 e. The summed E-state index contributed by atoms with van der Waals surface area (Å²) >= 11 is 2.98. The van der Waals surface area contributed by atoms with Crippen molar-refractivity contribution in [2.24, 2.45) is 0 Å². The fourth-order valence-corrected chi connectivity index (χ4v) is 9.88. The number of H-pyrrole nitrogens is 1. The molecule has 1 N–H and O–H groups in total. The van der Waals surface area contributed by atoms with Gasteiger partial charge in [0.2, 0.25) is 0 Å². The van der Waals surface area contributed by atoms with Crippen molar-refractivity contribution < 1.29 is 19.8 Å². The first-order chi connectivity index (χ1) is 24.9. The van der Waals surface area contributed by atoms with Gasteiger partial charge in [-0.1, -0.05) is 98.1 Å². The van der Waals surface area contributed by atoms with E-state index < -0.39 is 0 Å². The summed E-state index contributed by atoms with van der Waals surface area (Å²) < 4.78 is 0. The van der Waals surface area contributed by atoms with E-state index in [9.17, 15) is 19.8 Å². The number of unbranched alkanes of at least 4 members (excludes halogenated alkanes) is 2. The number of hydrogen-bond donors (Lipinski definition) is 1. The highest BCUT2D eigenvalue weighted by Gasteiger charge is 2.38. The van der Waals surface area contributed by atoms with Gasteiger partial charge in [0.1, 0.15) is 0 Å². The van der Waals surface area contributed by atoms with Crippen LogP contribution in [-0.4, -0.2) is 29.6 Å². The molecule has 9 heteroatoms. The van der Waals surface area contributed by atoms with Gasteiger partial charge >= 0.3 is 0 Å². The van der Waals surface area contributed by atoms with Crippen molar-refractivity contribution in [3.63, 3.8) is 0 Å². The number of aromatic amines is 1. The number of ketones is 2. The van der Waals surface area contributed by atoms with Crippen LogP contribution in [0.1, 0.15) is 50.7 Å². The van der Waals surface area contributed by atoms with Gasteiger partial charge in [-0.2, -0.15) is 0 Å². The minimum atomic E-state index is -0.238. The Morgan fingerprint density at radius 2 is 1.02 bits per heavy atom. The highest BCUT2D eigenvalue weighted by Crippen LogP contribution is 2.53. The maximum atomic E-state index is 13.8. The molecule has 7 nitrogen and oxygen atoms in total. The van der Waals surface area contributed by atoms with Gasteiger partial charge in [0.25, 0.3) is 0 Å². The average molecular weight is 708 g/mol. The molecule has 0 spiro atoms. The lowest BCUT2D eigenvalue weighted by molar-refractivity contribution is -0.298. The van der Waals surface area contributed by atoms with E-state index in [-0.39, 0.29) is 45.4 Å². The number of fused-ring (bicyclic) bond motifs is 5. The van der Waals surface area contributed by atoms with Gasteiger partial charge in [-0.15, -0.1) is 0 Å². The molecule has 0 saturated carbocycles. The first-order valence-electron chi connectivity index (χ1n) is 17.5. The Bertz CT molecular complexity index is 2320. The SMILES string of the molecule is CCCCN1C(=C2C(=O)C(c3ccc4[nH]c5ccc(C6=C([O-])C(=C7Sc8ccccc8N7CCCC)C6=O)cc5c4c3)=C2[O-])Sc2ccccc21. The molecule has 0 bridgehead atoms. The molecule has 0 saturated heterocycles. The summed E-state index contributed by atoms with van der Waals surface area (Å²) in [5, 5.41) is 30.6. The van der Waals surface area contributed by atoms with Crippen LogP contribution in [0, 0.1) is 0 Å². The molecular weight excluding hydrogens is 675 g/mol. The number of anilines is 2. The molecule has 254 valence electrons. The Hall–Kier alpha value is -5.12. The Morgan fingerprint density at radius 1 is 0.588 bits per heavy atom. The zero-order valence-corrected chi connectivity index (χ0v) is 29.8. The fraction of sp³-hybridized carbons (Fsp3) is 0.190. The van der Waals surface area contributed by atoms with Gasteiger partial charge < -0.3 is 25.0 Å². The summed E-state index contributed by atoms with van der Waals surface area (Å²) in [4.78, 5) is 37.3. The third-order valence-corrected chi connectivity index (χ3v) is 12.5. The van der Waals surface area contributed by atoms with Gasteiger partial charge in [-0.3, -0.25) is 9.59 Å². The summed E-state index contributed by atoms with van der Waals surface area (Å²) in [5.74, 6) is -0.950. The number of nitrogens with one attached hydrogen (secondary N) is 1. The molecule has 1 aromatic heterocycles. The minimum absolute atomic E-state index is 0.189. The molecule has 3 heterocycles. The lowest BCUT2D eigenvalue weighted by Gasteiger charge is -2.34. The molecule has 0 atom stereocenters. The normalized spacial score (nSPS) is 19.8. The van der Waals surface area contributed by atoms with Crippen LogP contribution >= 0.6 is 23.5 Å². The number of rotatable bonds is 8. The van der Waals surface area contributed by atoms with Crippen molar-refractivity contribution in [2.75, 3.05) is 22.9 Å². The fourth-order valence-electron chi connectivity index (χ4n) is 7.43. The van der Waals surface area contributed by atoms with Gasteiger partial charge in [0, 0.05) is 67.0 Å². The van der Waals surface area contributed by atoms with Crippen LogP contribution in [0.2, 0.25) is 0 Å². The number of aromatic nitrogens is 1. The zero-order valence-electron chi connectivity index (χ0n) is 28.2.